The van der Waals surface area contributed by atoms with Crippen molar-refractivity contribution in [1.82, 2.24) is 31.1 Å². The average Bonchev–Trinajstić information content (AvgIpc) is 2.85. The van der Waals surface area contributed by atoms with Gasteiger partial charge in [0.1, 0.15) is 0 Å². The van der Waals surface area contributed by atoms with Gasteiger partial charge in [0.25, 0.3) is 0 Å². The molecule has 8 heteroatoms. The van der Waals surface area contributed by atoms with Crippen LogP contribution in [-0.4, -0.2) is 89.2 Å². The van der Waals surface area contributed by atoms with Gasteiger partial charge < -0.3 is 31.1 Å². The van der Waals surface area contributed by atoms with Crippen molar-refractivity contribution in [3.8, 4) is 0 Å². The van der Waals surface area contributed by atoms with Crippen molar-refractivity contribution in [2.75, 3.05) is 33.2 Å². The van der Waals surface area contributed by atoms with E-state index in [1.807, 2.05) is 0 Å². The van der Waals surface area contributed by atoms with Crippen LogP contribution in [0.3, 0.4) is 0 Å². The average molecular weight is 621 g/mol. The second-order valence-electron chi connectivity index (χ2n) is 16.8. The monoisotopic (exact) mass is 621 g/mol. The minimum atomic E-state index is 0.00561. The molecular formula is C36H72N6O2. The van der Waals surface area contributed by atoms with Crippen molar-refractivity contribution in [2.24, 2.45) is 0 Å². The van der Waals surface area contributed by atoms with Gasteiger partial charge in [0.05, 0.1) is 0 Å². The molecule has 0 aromatic carbocycles. The number of hydrogen-bond acceptors (Lipinski definition) is 5. The van der Waals surface area contributed by atoms with Crippen LogP contribution in [0.15, 0.2) is 0 Å². The highest BCUT2D eigenvalue weighted by Crippen LogP contribution is 2.33. The molecule has 0 aromatic heterocycles. The molecule has 44 heavy (non-hydrogen) atoms. The summed E-state index contributed by atoms with van der Waals surface area (Å²) in [6.07, 6.45) is 15.8. The first kappa shape index (κ1) is 38.8. The van der Waals surface area contributed by atoms with Gasteiger partial charge in [-0.15, -0.1) is 0 Å². The van der Waals surface area contributed by atoms with Crippen LogP contribution >= 0.6 is 0 Å². The minimum absolute atomic E-state index is 0.00561. The van der Waals surface area contributed by atoms with E-state index in [2.05, 4.69) is 93.5 Å². The summed E-state index contributed by atoms with van der Waals surface area (Å²) in [5, 5.41) is 13.7. The zero-order valence-electron chi connectivity index (χ0n) is 30.6. The Morgan fingerprint density at radius 1 is 0.591 bits per heavy atom. The molecule has 2 aliphatic heterocycles. The van der Waals surface area contributed by atoms with Gasteiger partial charge in [-0.2, -0.15) is 0 Å². The summed E-state index contributed by atoms with van der Waals surface area (Å²) in [6, 6.07) is 1.01. The summed E-state index contributed by atoms with van der Waals surface area (Å²) in [6.45, 7) is 23.5. The fourth-order valence-electron chi connectivity index (χ4n) is 8.22. The molecule has 0 atom stereocenters. The Labute approximate surface area is 272 Å². The van der Waals surface area contributed by atoms with Crippen molar-refractivity contribution < 1.29 is 9.59 Å². The lowest BCUT2D eigenvalue weighted by Crippen LogP contribution is -2.63. The number of urea groups is 1. The number of unbranched alkanes of at least 4 members (excludes halogenated alkanes) is 8. The first-order valence-corrected chi connectivity index (χ1v) is 18.0. The Morgan fingerprint density at radius 2 is 0.977 bits per heavy atom. The van der Waals surface area contributed by atoms with Crippen LogP contribution in [0, 0.1) is 0 Å². The molecule has 0 unspecified atom stereocenters. The molecule has 0 bridgehead atoms. The van der Waals surface area contributed by atoms with E-state index in [0.29, 0.717) is 12.6 Å². The SMILES string of the molecule is CC(=O)NCCCCCCNC(=O)N(CCCCCCCCN(C)C1CC(C)(C)NC(C)(C)C1)C1CC(C)(C)NC(C)(C)C1. The molecular weight excluding hydrogens is 548 g/mol. The van der Waals surface area contributed by atoms with Crippen molar-refractivity contribution >= 4 is 11.9 Å². The topological polar surface area (TPSA) is 88.7 Å². The molecule has 2 rings (SSSR count). The van der Waals surface area contributed by atoms with Gasteiger partial charge in [-0.1, -0.05) is 38.5 Å². The Morgan fingerprint density at radius 3 is 1.45 bits per heavy atom. The predicted octanol–water partition coefficient (Wildman–Crippen LogP) is 6.59. The van der Waals surface area contributed by atoms with Gasteiger partial charge >= 0.3 is 6.03 Å². The molecule has 258 valence electrons. The van der Waals surface area contributed by atoms with E-state index in [1.54, 1.807) is 6.92 Å². The number of carbonyl (C=O) groups excluding carboxylic acids is 2. The molecule has 0 radical (unpaired) electrons. The van der Waals surface area contributed by atoms with E-state index in [9.17, 15) is 9.59 Å². The van der Waals surface area contributed by atoms with Gasteiger partial charge in [-0.25, -0.2) is 4.79 Å². The molecule has 2 heterocycles. The number of carbonyl (C=O) groups is 2. The molecule has 0 spiro atoms. The lowest BCUT2D eigenvalue weighted by molar-refractivity contribution is -0.118. The van der Waals surface area contributed by atoms with Crippen LogP contribution in [0.4, 0.5) is 4.79 Å². The zero-order valence-corrected chi connectivity index (χ0v) is 30.6. The Kier molecular flexibility index (Phi) is 15.4. The quantitative estimate of drug-likeness (QED) is 0.130. The maximum atomic E-state index is 13.5. The number of rotatable bonds is 18. The Hall–Kier alpha value is -1.38. The number of piperidine rings is 2. The maximum absolute atomic E-state index is 13.5. The second kappa shape index (κ2) is 17.5. The van der Waals surface area contributed by atoms with Gasteiger partial charge in [0.2, 0.25) is 5.91 Å². The molecule has 3 amide bonds. The Balaban J connectivity index is 1.74. The highest BCUT2D eigenvalue weighted by atomic mass is 16.2. The first-order chi connectivity index (χ1) is 20.4. The third-order valence-electron chi connectivity index (χ3n) is 9.58. The van der Waals surface area contributed by atoms with Gasteiger partial charge in [0.15, 0.2) is 0 Å². The highest BCUT2D eigenvalue weighted by molar-refractivity contribution is 5.74. The highest BCUT2D eigenvalue weighted by Gasteiger charge is 2.41. The summed E-state index contributed by atoms with van der Waals surface area (Å²) in [4.78, 5) is 29.3. The maximum Gasteiger partial charge on any atom is 0.317 e. The van der Waals surface area contributed by atoms with Crippen molar-refractivity contribution in [2.45, 2.75) is 186 Å². The smallest absolute Gasteiger partial charge is 0.317 e. The van der Waals surface area contributed by atoms with Crippen LogP contribution in [0.1, 0.15) is 152 Å². The van der Waals surface area contributed by atoms with Gasteiger partial charge in [-0.3, -0.25) is 4.79 Å². The number of nitrogens with one attached hydrogen (secondary N) is 4. The molecule has 2 fully saturated rings. The van der Waals surface area contributed by atoms with Crippen LogP contribution in [0.5, 0.6) is 0 Å². The fraction of sp³-hybridized carbons (Fsp3) is 0.944. The number of nitrogens with zero attached hydrogens (tertiary/aromatic N) is 2. The van der Waals surface area contributed by atoms with Crippen LogP contribution in [0.2, 0.25) is 0 Å². The summed E-state index contributed by atoms with van der Waals surface area (Å²) in [5.41, 5.74) is 0.401. The van der Waals surface area contributed by atoms with Crippen LogP contribution in [-0.2, 0) is 4.79 Å². The van der Waals surface area contributed by atoms with Gasteiger partial charge in [0, 0.05) is 60.8 Å². The fourth-order valence-corrected chi connectivity index (χ4v) is 8.22. The summed E-state index contributed by atoms with van der Waals surface area (Å²) in [7, 11) is 2.32. The van der Waals surface area contributed by atoms with Gasteiger partial charge in [-0.05, 0) is 120 Å². The minimum Gasteiger partial charge on any atom is -0.356 e. The number of hydrogen-bond donors (Lipinski definition) is 4. The van der Waals surface area contributed by atoms with E-state index in [0.717, 1.165) is 58.0 Å². The first-order valence-electron chi connectivity index (χ1n) is 18.0. The second-order valence-corrected chi connectivity index (χ2v) is 16.8. The molecule has 2 aliphatic rings. The van der Waals surface area contributed by atoms with E-state index in [1.165, 1.54) is 51.5 Å². The third-order valence-corrected chi connectivity index (χ3v) is 9.58. The normalized spacial score (nSPS) is 21.2. The standard InChI is InChI=1S/C36H72N6O2/c1-29(43)37-21-17-13-14-18-22-38-32(44)42(31-27-35(6,7)40-36(8,9)28-31)24-20-16-12-11-15-19-23-41(10)30-25-33(2,3)39-34(4,5)26-30/h30-31,39-40H,11-28H2,1-10H3,(H,37,43)(H,38,44). The summed E-state index contributed by atoms with van der Waals surface area (Å²) in [5.74, 6) is 0.0333. The zero-order chi connectivity index (χ0) is 33.0. The number of amides is 3. The summed E-state index contributed by atoms with van der Waals surface area (Å²) < 4.78 is 0. The van der Waals surface area contributed by atoms with E-state index < -0.39 is 0 Å². The van der Waals surface area contributed by atoms with Crippen molar-refractivity contribution in [3.63, 3.8) is 0 Å². The summed E-state index contributed by atoms with van der Waals surface area (Å²) >= 11 is 0. The molecule has 4 N–H and O–H groups in total. The van der Waals surface area contributed by atoms with Crippen LogP contribution < -0.4 is 21.3 Å². The van der Waals surface area contributed by atoms with E-state index in [4.69, 9.17) is 0 Å². The lowest BCUT2D eigenvalue weighted by Gasteiger charge is -2.49. The predicted molar refractivity (Wildman–Crippen MR) is 186 cm³/mol. The molecule has 0 aliphatic carbocycles. The van der Waals surface area contributed by atoms with Crippen molar-refractivity contribution in [3.05, 3.63) is 0 Å². The van der Waals surface area contributed by atoms with E-state index in [-0.39, 0.29) is 40.1 Å². The molecule has 0 saturated carbocycles. The lowest BCUT2D eigenvalue weighted by atomic mass is 9.79. The molecule has 8 nitrogen and oxygen atoms in total. The van der Waals surface area contributed by atoms with Crippen LogP contribution in [0.25, 0.3) is 0 Å². The largest absolute Gasteiger partial charge is 0.356 e. The molecule has 0 aromatic rings. The van der Waals surface area contributed by atoms with E-state index >= 15 is 0 Å². The third kappa shape index (κ3) is 15.3. The van der Waals surface area contributed by atoms with Crippen molar-refractivity contribution in [1.29, 1.82) is 0 Å². The molecule has 2 saturated heterocycles. The Bertz CT molecular complexity index is 839.